The lowest BCUT2D eigenvalue weighted by molar-refractivity contribution is -0.120. The fourth-order valence-electron chi connectivity index (χ4n) is 4.64. The Kier molecular flexibility index (Phi) is 7.99. The van der Waals surface area contributed by atoms with Crippen LogP contribution in [0, 0.1) is 0 Å². The summed E-state index contributed by atoms with van der Waals surface area (Å²) in [6.07, 6.45) is 4.85. The first-order chi connectivity index (χ1) is 16.0. The summed E-state index contributed by atoms with van der Waals surface area (Å²) in [5, 5.41) is 7.24. The molecule has 0 aliphatic carbocycles. The monoisotopic (exact) mass is 470 g/mol. The average Bonchev–Trinajstić information content (AvgIpc) is 3.14. The maximum Gasteiger partial charge on any atom is 0.239 e. The van der Waals surface area contributed by atoms with Crippen LogP contribution in [0.4, 0.5) is 11.4 Å². The summed E-state index contributed by atoms with van der Waals surface area (Å²) in [6.45, 7) is 8.42. The van der Waals surface area contributed by atoms with Crippen molar-refractivity contribution in [3.05, 3.63) is 53.1 Å². The van der Waals surface area contributed by atoms with Gasteiger partial charge in [-0.1, -0.05) is 30.2 Å². The maximum absolute atomic E-state index is 12.6. The standard InChI is InChI=1S/C26H35ClN4O2/c1-19(2)28-25(32)18-31-24-11-10-22(33-15-7-14-30-12-4-3-5-13-30)17-23(24)29-26(31)20-8-6-9-21(27)16-20/h6,8-11,16-17,19,26,29H,3-5,7,12-15,18H2,1-2H3,(H,28,32). The Bertz CT molecular complexity index is 946. The van der Waals surface area contributed by atoms with Crippen LogP contribution in [0.1, 0.15) is 51.3 Å². The molecule has 2 aromatic rings. The molecule has 1 amide bonds. The normalized spacial score (nSPS) is 18.2. The molecule has 1 unspecified atom stereocenters. The topological polar surface area (TPSA) is 56.8 Å². The second-order valence-electron chi connectivity index (χ2n) is 9.24. The van der Waals surface area contributed by atoms with Crippen molar-refractivity contribution in [3.8, 4) is 5.75 Å². The van der Waals surface area contributed by atoms with Gasteiger partial charge in [-0.3, -0.25) is 4.79 Å². The third kappa shape index (κ3) is 6.33. The number of benzene rings is 2. The summed E-state index contributed by atoms with van der Waals surface area (Å²) in [6, 6.07) is 13.9. The highest BCUT2D eigenvalue weighted by Gasteiger charge is 2.32. The Balaban J connectivity index is 1.44. The second kappa shape index (κ2) is 11.1. The second-order valence-corrected chi connectivity index (χ2v) is 9.67. The number of carbonyl (C=O) groups is 1. The van der Waals surface area contributed by atoms with Crippen LogP contribution in [0.5, 0.6) is 5.75 Å². The highest BCUT2D eigenvalue weighted by molar-refractivity contribution is 6.30. The molecule has 2 aromatic carbocycles. The van der Waals surface area contributed by atoms with E-state index in [4.69, 9.17) is 16.3 Å². The number of nitrogens with zero attached hydrogens (tertiary/aromatic N) is 2. The van der Waals surface area contributed by atoms with Crippen molar-refractivity contribution in [2.45, 2.75) is 51.7 Å². The minimum Gasteiger partial charge on any atom is -0.493 e. The molecule has 0 aromatic heterocycles. The maximum atomic E-state index is 12.6. The molecule has 0 spiro atoms. The van der Waals surface area contributed by atoms with Crippen LogP contribution >= 0.6 is 11.6 Å². The minimum atomic E-state index is -0.175. The number of likely N-dealkylation sites (tertiary alicyclic amines) is 1. The zero-order valence-corrected chi connectivity index (χ0v) is 20.4. The molecule has 0 saturated carbocycles. The fourth-order valence-corrected chi connectivity index (χ4v) is 4.83. The van der Waals surface area contributed by atoms with Crippen molar-refractivity contribution in [1.82, 2.24) is 10.2 Å². The van der Waals surface area contributed by atoms with Gasteiger partial charge in [0.25, 0.3) is 0 Å². The van der Waals surface area contributed by atoms with Crippen LogP contribution < -0.4 is 20.3 Å². The number of ether oxygens (including phenoxy) is 1. The van der Waals surface area contributed by atoms with Crippen LogP contribution in [0.2, 0.25) is 5.02 Å². The SMILES string of the molecule is CC(C)NC(=O)CN1c2ccc(OCCCN3CCCCC3)cc2NC1c1cccc(Cl)c1. The van der Waals surface area contributed by atoms with Crippen molar-refractivity contribution in [1.29, 1.82) is 0 Å². The van der Waals surface area contributed by atoms with E-state index >= 15 is 0 Å². The summed E-state index contributed by atoms with van der Waals surface area (Å²) in [7, 11) is 0. The highest BCUT2D eigenvalue weighted by Crippen LogP contribution is 2.43. The molecule has 2 aliphatic heterocycles. The van der Waals surface area contributed by atoms with E-state index in [1.54, 1.807) is 0 Å². The van der Waals surface area contributed by atoms with Gasteiger partial charge in [0, 0.05) is 23.7 Å². The molecule has 2 heterocycles. The molecule has 2 aliphatic rings. The first-order valence-corrected chi connectivity index (χ1v) is 12.4. The first kappa shape index (κ1) is 23.7. The van der Waals surface area contributed by atoms with Gasteiger partial charge in [0.2, 0.25) is 5.91 Å². The van der Waals surface area contributed by atoms with Crippen LogP contribution in [-0.2, 0) is 4.79 Å². The van der Waals surface area contributed by atoms with Crippen LogP contribution in [0.25, 0.3) is 0 Å². The lowest BCUT2D eigenvalue weighted by Gasteiger charge is -2.27. The highest BCUT2D eigenvalue weighted by atomic mass is 35.5. The third-order valence-corrected chi connectivity index (χ3v) is 6.38. The summed E-state index contributed by atoms with van der Waals surface area (Å²) in [5.41, 5.74) is 2.96. The van der Waals surface area contributed by atoms with E-state index < -0.39 is 0 Å². The van der Waals surface area contributed by atoms with Gasteiger partial charge in [-0.05, 0) is 76.0 Å². The van der Waals surface area contributed by atoms with E-state index in [1.807, 2.05) is 56.3 Å². The van der Waals surface area contributed by atoms with Gasteiger partial charge in [0.15, 0.2) is 0 Å². The number of piperidine rings is 1. The van der Waals surface area contributed by atoms with E-state index in [9.17, 15) is 4.79 Å². The van der Waals surface area contributed by atoms with E-state index in [1.165, 1.54) is 32.4 Å². The van der Waals surface area contributed by atoms with E-state index in [0.717, 1.165) is 35.7 Å². The lowest BCUT2D eigenvalue weighted by atomic mass is 10.1. The van der Waals surface area contributed by atoms with Gasteiger partial charge >= 0.3 is 0 Å². The van der Waals surface area contributed by atoms with Gasteiger partial charge in [0.1, 0.15) is 11.9 Å². The Labute approximate surface area is 202 Å². The predicted octanol–water partition coefficient (Wildman–Crippen LogP) is 5.05. The van der Waals surface area contributed by atoms with Gasteiger partial charge in [-0.2, -0.15) is 0 Å². The number of fused-ring (bicyclic) bond motifs is 1. The molecule has 0 bridgehead atoms. The molecular formula is C26H35ClN4O2. The summed E-state index contributed by atoms with van der Waals surface area (Å²) >= 11 is 6.26. The molecule has 4 rings (SSSR count). The molecule has 1 fully saturated rings. The van der Waals surface area contributed by atoms with Crippen LogP contribution in [0.3, 0.4) is 0 Å². The minimum absolute atomic E-state index is 0.00952. The number of rotatable bonds is 9. The van der Waals surface area contributed by atoms with Gasteiger partial charge in [-0.25, -0.2) is 0 Å². The van der Waals surface area contributed by atoms with Crippen LogP contribution in [-0.4, -0.2) is 49.6 Å². The smallest absolute Gasteiger partial charge is 0.239 e. The van der Waals surface area contributed by atoms with E-state index in [2.05, 4.69) is 20.4 Å². The molecular weight excluding hydrogens is 436 g/mol. The van der Waals surface area contributed by atoms with Crippen molar-refractivity contribution in [3.63, 3.8) is 0 Å². The zero-order valence-electron chi connectivity index (χ0n) is 19.6. The molecule has 1 atom stereocenters. The average molecular weight is 471 g/mol. The fraction of sp³-hybridized carbons (Fsp3) is 0.500. The van der Waals surface area contributed by atoms with Gasteiger partial charge in [-0.15, -0.1) is 0 Å². The lowest BCUT2D eigenvalue weighted by Crippen LogP contribution is -2.41. The van der Waals surface area contributed by atoms with E-state index in [-0.39, 0.29) is 24.7 Å². The summed E-state index contributed by atoms with van der Waals surface area (Å²) < 4.78 is 6.07. The van der Waals surface area contributed by atoms with Crippen LogP contribution in [0.15, 0.2) is 42.5 Å². The molecule has 6 nitrogen and oxygen atoms in total. The zero-order chi connectivity index (χ0) is 23.2. The summed E-state index contributed by atoms with van der Waals surface area (Å²) in [4.78, 5) is 17.2. The first-order valence-electron chi connectivity index (χ1n) is 12.1. The third-order valence-electron chi connectivity index (χ3n) is 6.15. The Morgan fingerprint density at radius 1 is 1.18 bits per heavy atom. The quantitative estimate of drug-likeness (QED) is 0.502. The molecule has 7 heteroatoms. The Morgan fingerprint density at radius 3 is 2.76 bits per heavy atom. The molecule has 178 valence electrons. The number of hydrogen-bond donors (Lipinski definition) is 2. The number of halogens is 1. The largest absolute Gasteiger partial charge is 0.493 e. The molecule has 33 heavy (non-hydrogen) atoms. The van der Waals surface area contributed by atoms with Gasteiger partial charge in [0.05, 0.1) is 24.5 Å². The molecule has 2 N–H and O–H groups in total. The number of carbonyl (C=O) groups excluding carboxylic acids is 1. The number of hydrogen-bond acceptors (Lipinski definition) is 5. The van der Waals surface area contributed by atoms with Gasteiger partial charge < -0.3 is 25.2 Å². The number of amides is 1. The Hall–Kier alpha value is -2.44. The Morgan fingerprint density at radius 2 is 2.00 bits per heavy atom. The van der Waals surface area contributed by atoms with E-state index in [0.29, 0.717) is 11.6 Å². The molecule has 0 radical (unpaired) electrons. The summed E-state index contributed by atoms with van der Waals surface area (Å²) in [5.74, 6) is 0.836. The predicted molar refractivity (Wildman–Crippen MR) is 135 cm³/mol. The van der Waals surface area contributed by atoms with Crippen molar-refractivity contribution >= 4 is 28.9 Å². The van der Waals surface area contributed by atoms with Crippen molar-refractivity contribution in [2.24, 2.45) is 0 Å². The van der Waals surface area contributed by atoms with Crippen molar-refractivity contribution < 1.29 is 9.53 Å². The van der Waals surface area contributed by atoms with Crippen molar-refractivity contribution in [2.75, 3.05) is 43.0 Å². The molecule has 1 saturated heterocycles. The number of anilines is 2. The number of nitrogens with one attached hydrogen (secondary N) is 2.